The highest BCUT2D eigenvalue weighted by Gasteiger charge is 2.28. The molecule has 1 atom stereocenters. The van der Waals surface area contributed by atoms with E-state index in [1.165, 1.54) is 19.3 Å². The van der Waals surface area contributed by atoms with Gasteiger partial charge in [0.15, 0.2) is 0 Å². The van der Waals surface area contributed by atoms with Crippen LogP contribution in [0.4, 0.5) is 0 Å². The van der Waals surface area contributed by atoms with Crippen LogP contribution in [0.1, 0.15) is 57.1 Å². The smallest absolute Gasteiger partial charge is 0.266 e. The molecule has 6 heteroatoms. The highest BCUT2D eigenvalue weighted by atomic mass is 16.2. The number of carbonyl (C=O) groups is 1. The predicted molar refractivity (Wildman–Crippen MR) is 105 cm³/mol. The number of hydrogen-bond donors (Lipinski definition) is 0. The highest BCUT2D eigenvalue weighted by Crippen LogP contribution is 2.38. The standard InChI is InChI=1S/C21H32N4O2/c1-16(26)24-10-2-3-18(14-24)13-23-11-8-17(9-12-23)15-25-21(27)7-6-20(22-25)19-4-5-19/h6-7,17-19H,2-5,8-15H2,1H3. The molecule has 0 spiro atoms. The van der Waals surface area contributed by atoms with Gasteiger partial charge in [-0.25, -0.2) is 4.68 Å². The van der Waals surface area contributed by atoms with E-state index < -0.39 is 0 Å². The lowest BCUT2D eigenvalue weighted by Crippen LogP contribution is -2.45. The van der Waals surface area contributed by atoms with Crippen molar-refractivity contribution in [3.8, 4) is 0 Å². The molecule has 0 bridgehead atoms. The van der Waals surface area contributed by atoms with Crippen molar-refractivity contribution < 1.29 is 4.79 Å². The maximum absolute atomic E-state index is 12.2. The Morgan fingerprint density at radius 3 is 2.52 bits per heavy atom. The predicted octanol–water partition coefficient (Wildman–Crippen LogP) is 2.09. The number of aromatic nitrogens is 2. The van der Waals surface area contributed by atoms with Gasteiger partial charge >= 0.3 is 0 Å². The summed E-state index contributed by atoms with van der Waals surface area (Å²) in [6, 6.07) is 3.60. The van der Waals surface area contributed by atoms with Gasteiger partial charge < -0.3 is 9.80 Å². The second-order valence-corrected chi connectivity index (χ2v) is 8.77. The normalized spacial score (nSPS) is 24.9. The van der Waals surface area contributed by atoms with Crippen molar-refractivity contribution >= 4 is 5.91 Å². The van der Waals surface area contributed by atoms with Crippen LogP contribution >= 0.6 is 0 Å². The van der Waals surface area contributed by atoms with Gasteiger partial charge in [0.05, 0.1) is 5.69 Å². The summed E-state index contributed by atoms with van der Waals surface area (Å²) in [4.78, 5) is 28.4. The number of amides is 1. The molecule has 6 nitrogen and oxygen atoms in total. The fourth-order valence-corrected chi connectivity index (χ4v) is 4.65. The Labute approximate surface area is 161 Å². The summed E-state index contributed by atoms with van der Waals surface area (Å²) < 4.78 is 1.71. The molecule has 4 rings (SSSR count). The molecule has 27 heavy (non-hydrogen) atoms. The minimum Gasteiger partial charge on any atom is -0.343 e. The summed E-state index contributed by atoms with van der Waals surface area (Å²) in [6.45, 7) is 7.58. The molecule has 2 aliphatic heterocycles. The van der Waals surface area contributed by atoms with Crippen molar-refractivity contribution in [2.75, 3.05) is 32.7 Å². The van der Waals surface area contributed by atoms with E-state index in [-0.39, 0.29) is 11.5 Å². The Bertz CT molecular complexity index is 719. The second-order valence-electron chi connectivity index (χ2n) is 8.77. The van der Waals surface area contributed by atoms with Crippen molar-refractivity contribution in [1.82, 2.24) is 19.6 Å². The first kappa shape index (κ1) is 18.7. The summed E-state index contributed by atoms with van der Waals surface area (Å²) in [5, 5.41) is 4.62. The summed E-state index contributed by atoms with van der Waals surface area (Å²) in [5.74, 6) is 1.95. The van der Waals surface area contributed by atoms with E-state index in [2.05, 4.69) is 10.00 Å². The Balaban J connectivity index is 1.26. The van der Waals surface area contributed by atoms with Crippen molar-refractivity contribution in [3.05, 3.63) is 28.2 Å². The first-order valence-electron chi connectivity index (χ1n) is 10.6. The van der Waals surface area contributed by atoms with Crippen molar-refractivity contribution in [1.29, 1.82) is 0 Å². The van der Waals surface area contributed by atoms with E-state index in [4.69, 9.17) is 0 Å². The van der Waals surface area contributed by atoms with E-state index in [1.807, 2.05) is 11.0 Å². The lowest BCUT2D eigenvalue weighted by atomic mass is 9.93. The number of carbonyl (C=O) groups excluding carboxylic acids is 1. The number of likely N-dealkylation sites (tertiary alicyclic amines) is 2. The van der Waals surface area contributed by atoms with E-state index in [9.17, 15) is 9.59 Å². The van der Waals surface area contributed by atoms with E-state index in [0.717, 1.165) is 64.2 Å². The zero-order chi connectivity index (χ0) is 18.8. The molecular formula is C21H32N4O2. The largest absolute Gasteiger partial charge is 0.343 e. The summed E-state index contributed by atoms with van der Waals surface area (Å²) in [6.07, 6.45) is 7.05. The summed E-state index contributed by atoms with van der Waals surface area (Å²) in [5.41, 5.74) is 1.13. The van der Waals surface area contributed by atoms with Crippen LogP contribution in [0.5, 0.6) is 0 Å². The van der Waals surface area contributed by atoms with Gasteiger partial charge in [-0.3, -0.25) is 9.59 Å². The van der Waals surface area contributed by atoms with Crippen LogP contribution in [-0.2, 0) is 11.3 Å². The third-order valence-corrected chi connectivity index (χ3v) is 6.50. The monoisotopic (exact) mass is 372 g/mol. The number of hydrogen-bond acceptors (Lipinski definition) is 4. The summed E-state index contributed by atoms with van der Waals surface area (Å²) in [7, 11) is 0. The maximum atomic E-state index is 12.2. The summed E-state index contributed by atoms with van der Waals surface area (Å²) >= 11 is 0. The van der Waals surface area contributed by atoms with Crippen LogP contribution in [0.15, 0.2) is 16.9 Å². The van der Waals surface area contributed by atoms with Crippen LogP contribution in [-0.4, -0.2) is 58.2 Å². The maximum Gasteiger partial charge on any atom is 0.266 e. The number of piperidine rings is 2. The first-order chi connectivity index (χ1) is 13.1. The van der Waals surface area contributed by atoms with Crippen LogP contribution in [0, 0.1) is 11.8 Å². The molecule has 0 aromatic carbocycles. The van der Waals surface area contributed by atoms with Gasteiger partial charge in [-0.2, -0.15) is 5.10 Å². The van der Waals surface area contributed by atoms with Gasteiger partial charge in [0.25, 0.3) is 5.56 Å². The molecule has 3 fully saturated rings. The Morgan fingerprint density at radius 1 is 1.04 bits per heavy atom. The number of nitrogens with zero attached hydrogens (tertiary/aromatic N) is 4. The molecule has 0 N–H and O–H groups in total. The second kappa shape index (κ2) is 8.13. The molecule has 3 aliphatic rings. The third-order valence-electron chi connectivity index (χ3n) is 6.50. The van der Waals surface area contributed by atoms with Gasteiger partial charge in [0.1, 0.15) is 0 Å². The van der Waals surface area contributed by atoms with Crippen molar-refractivity contribution in [2.24, 2.45) is 11.8 Å². The van der Waals surface area contributed by atoms with Crippen LogP contribution < -0.4 is 5.56 Å². The molecule has 148 valence electrons. The van der Waals surface area contributed by atoms with Gasteiger partial charge in [-0.15, -0.1) is 0 Å². The van der Waals surface area contributed by atoms with Crippen molar-refractivity contribution in [3.63, 3.8) is 0 Å². The zero-order valence-corrected chi connectivity index (χ0v) is 16.5. The van der Waals surface area contributed by atoms with Gasteiger partial charge in [-0.1, -0.05) is 0 Å². The fourth-order valence-electron chi connectivity index (χ4n) is 4.65. The Kier molecular flexibility index (Phi) is 5.62. The minimum atomic E-state index is 0.0355. The molecule has 1 unspecified atom stereocenters. The van der Waals surface area contributed by atoms with Gasteiger partial charge in [0, 0.05) is 45.1 Å². The van der Waals surface area contributed by atoms with Gasteiger partial charge in [0.2, 0.25) is 5.91 Å². The Hall–Kier alpha value is -1.69. The fraction of sp³-hybridized carbons (Fsp3) is 0.762. The van der Waals surface area contributed by atoms with E-state index in [1.54, 1.807) is 17.7 Å². The molecule has 1 saturated carbocycles. The molecular weight excluding hydrogens is 340 g/mol. The molecule has 1 amide bonds. The average molecular weight is 373 g/mol. The van der Waals surface area contributed by atoms with Gasteiger partial charge in [-0.05, 0) is 69.5 Å². The SMILES string of the molecule is CC(=O)N1CCCC(CN2CCC(Cn3nc(C4CC4)ccc3=O)CC2)C1. The lowest BCUT2D eigenvalue weighted by molar-refractivity contribution is -0.130. The molecule has 3 heterocycles. The molecule has 1 aromatic rings. The molecule has 0 radical (unpaired) electrons. The molecule has 1 aliphatic carbocycles. The van der Waals surface area contributed by atoms with E-state index in [0.29, 0.717) is 17.8 Å². The quantitative estimate of drug-likeness (QED) is 0.794. The lowest BCUT2D eigenvalue weighted by Gasteiger charge is -2.38. The topological polar surface area (TPSA) is 58.4 Å². The third kappa shape index (κ3) is 4.78. The van der Waals surface area contributed by atoms with E-state index >= 15 is 0 Å². The van der Waals surface area contributed by atoms with Crippen LogP contribution in [0.3, 0.4) is 0 Å². The Morgan fingerprint density at radius 2 is 1.81 bits per heavy atom. The van der Waals surface area contributed by atoms with Crippen LogP contribution in [0.2, 0.25) is 0 Å². The zero-order valence-electron chi connectivity index (χ0n) is 16.5. The number of rotatable bonds is 5. The molecule has 2 saturated heterocycles. The van der Waals surface area contributed by atoms with Crippen LogP contribution in [0.25, 0.3) is 0 Å². The van der Waals surface area contributed by atoms with Crippen molar-refractivity contribution in [2.45, 2.75) is 57.9 Å². The molecule has 1 aromatic heterocycles. The average Bonchev–Trinajstić information content (AvgIpc) is 3.50. The minimum absolute atomic E-state index is 0.0355. The highest BCUT2D eigenvalue weighted by molar-refractivity contribution is 5.73. The first-order valence-corrected chi connectivity index (χ1v) is 10.6.